The lowest BCUT2D eigenvalue weighted by Gasteiger charge is -2.36. The summed E-state index contributed by atoms with van der Waals surface area (Å²) in [7, 11) is -2.04. The Morgan fingerprint density at radius 3 is 2.86 bits per heavy atom. The van der Waals surface area contributed by atoms with Gasteiger partial charge >= 0.3 is 10.2 Å². The van der Waals surface area contributed by atoms with Crippen LogP contribution in [-0.2, 0) is 17.3 Å². The first-order valence-electron chi connectivity index (χ1n) is 9.15. The molecule has 1 saturated heterocycles. The number of nitrogens with one attached hydrogen (secondary N) is 1. The standard InChI is InChI=1S/C17H20N6O4S2/c1-21-10-8-18-17(21)28-14-7-6-12(11-13(14)23(24)25)16-20-29(26,27)19-15-5-3-2-4-9-22(15)16/h6-8,10-11,16,20H,2-5,9H2,1H3. The molecule has 1 N–H and O–H groups in total. The predicted molar refractivity (Wildman–Crippen MR) is 108 cm³/mol. The maximum Gasteiger partial charge on any atom is 0.323 e. The van der Waals surface area contributed by atoms with E-state index in [0.717, 1.165) is 19.3 Å². The molecule has 1 fully saturated rings. The smallest absolute Gasteiger partial charge is 0.323 e. The van der Waals surface area contributed by atoms with Crippen molar-refractivity contribution in [1.82, 2.24) is 19.2 Å². The Morgan fingerprint density at radius 1 is 1.31 bits per heavy atom. The molecule has 0 amide bonds. The molecule has 1 unspecified atom stereocenters. The molecule has 2 aliphatic heterocycles. The molecule has 0 saturated carbocycles. The highest BCUT2D eigenvalue weighted by molar-refractivity contribution is 7.99. The molecule has 29 heavy (non-hydrogen) atoms. The van der Waals surface area contributed by atoms with Crippen LogP contribution in [-0.4, -0.2) is 40.2 Å². The summed E-state index contributed by atoms with van der Waals surface area (Å²) in [4.78, 5) is 17.8. The lowest BCUT2D eigenvalue weighted by molar-refractivity contribution is -0.387. The Balaban J connectivity index is 1.72. The fraction of sp³-hybridized carbons (Fsp3) is 0.412. The highest BCUT2D eigenvalue weighted by Crippen LogP contribution is 2.37. The molecule has 12 heteroatoms. The van der Waals surface area contributed by atoms with E-state index in [1.165, 1.54) is 17.8 Å². The zero-order valence-electron chi connectivity index (χ0n) is 15.7. The van der Waals surface area contributed by atoms with Crippen molar-refractivity contribution in [3.8, 4) is 0 Å². The van der Waals surface area contributed by atoms with E-state index in [0.29, 0.717) is 34.4 Å². The summed E-state index contributed by atoms with van der Waals surface area (Å²) in [6.07, 6.45) is 6.02. The van der Waals surface area contributed by atoms with Gasteiger partial charge in [-0.2, -0.15) is 13.1 Å². The van der Waals surface area contributed by atoms with Crippen LogP contribution in [0, 0.1) is 10.1 Å². The zero-order chi connectivity index (χ0) is 20.6. The first-order chi connectivity index (χ1) is 13.8. The van der Waals surface area contributed by atoms with E-state index in [4.69, 9.17) is 0 Å². The lowest BCUT2D eigenvalue weighted by Crippen LogP contribution is -2.48. The van der Waals surface area contributed by atoms with Crippen molar-refractivity contribution >= 4 is 33.5 Å². The number of nitro benzene ring substituents is 1. The van der Waals surface area contributed by atoms with Gasteiger partial charge in [-0.15, -0.1) is 4.40 Å². The number of aromatic nitrogens is 2. The third-order valence-corrected chi connectivity index (χ3v) is 7.02. The summed E-state index contributed by atoms with van der Waals surface area (Å²) in [6, 6.07) is 4.80. The molecular formula is C17H20N6O4S2. The zero-order valence-corrected chi connectivity index (χ0v) is 17.3. The van der Waals surface area contributed by atoms with E-state index in [1.54, 1.807) is 29.1 Å². The van der Waals surface area contributed by atoms with Gasteiger partial charge in [-0.3, -0.25) is 10.1 Å². The van der Waals surface area contributed by atoms with Crippen LogP contribution < -0.4 is 4.72 Å². The molecule has 154 valence electrons. The Hall–Kier alpha value is -2.44. The van der Waals surface area contributed by atoms with E-state index in [1.807, 2.05) is 11.9 Å². The van der Waals surface area contributed by atoms with Crippen molar-refractivity contribution in [3.05, 3.63) is 46.3 Å². The van der Waals surface area contributed by atoms with E-state index in [-0.39, 0.29) is 5.69 Å². The SMILES string of the molecule is Cn1ccnc1Sc1ccc(C2NS(=O)(=O)N=C3CCCCCN32)cc1[N+](=O)[O-]. The van der Waals surface area contributed by atoms with Gasteiger partial charge in [0.15, 0.2) is 5.16 Å². The van der Waals surface area contributed by atoms with Crippen LogP contribution in [0.3, 0.4) is 0 Å². The number of rotatable bonds is 4. The minimum Gasteiger partial charge on any atom is -0.339 e. The molecule has 0 bridgehead atoms. The quantitative estimate of drug-likeness (QED) is 0.577. The maximum atomic E-state index is 12.3. The van der Waals surface area contributed by atoms with Crippen molar-refractivity contribution in [2.75, 3.05) is 6.54 Å². The van der Waals surface area contributed by atoms with Crippen molar-refractivity contribution in [3.63, 3.8) is 0 Å². The number of aryl methyl sites for hydroxylation is 1. The van der Waals surface area contributed by atoms with Crippen molar-refractivity contribution in [1.29, 1.82) is 0 Å². The van der Waals surface area contributed by atoms with Crippen LogP contribution in [0.1, 0.15) is 37.4 Å². The summed E-state index contributed by atoms with van der Waals surface area (Å²) in [5.41, 5.74) is 0.423. The van der Waals surface area contributed by atoms with Gasteiger partial charge in [0.2, 0.25) is 0 Å². The number of fused-ring (bicyclic) bond motifs is 1. The van der Waals surface area contributed by atoms with Crippen molar-refractivity contribution in [2.24, 2.45) is 11.4 Å². The second kappa shape index (κ2) is 7.76. The van der Waals surface area contributed by atoms with Gasteiger partial charge in [-0.1, -0.05) is 12.5 Å². The highest BCUT2D eigenvalue weighted by atomic mass is 32.2. The monoisotopic (exact) mass is 436 g/mol. The Labute approximate surface area is 172 Å². The second-order valence-corrected chi connectivity index (χ2v) is 9.29. The number of nitrogens with zero attached hydrogens (tertiary/aromatic N) is 5. The Bertz CT molecular complexity index is 1080. The largest absolute Gasteiger partial charge is 0.339 e. The molecule has 0 spiro atoms. The van der Waals surface area contributed by atoms with Gasteiger partial charge in [-0.05, 0) is 36.2 Å². The summed E-state index contributed by atoms with van der Waals surface area (Å²) >= 11 is 1.19. The van der Waals surface area contributed by atoms with E-state index < -0.39 is 21.3 Å². The summed E-state index contributed by atoms with van der Waals surface area (Å²) in [5, 5.41) is 12.4. The minimum absolute atomic E-state index is 0.0893. The molecule has 1 aromatic heterocycles. The fourth-order valence-corrected chi connectivity index (χ4v) is 5.45. The van der Waals surface area contributed by atoms with Gasteiger partial charge in [0.05, 0.1) is 9.82 Å². The maximum absolute atomic E-state index is 12.3. The summed E-state index contributed by atoms with van der Waals surface area (Å²) < 4.78 is 32.7. The van der Waals surface area contributed by atoms with Crippen LogP contribution in [0.5, 0.6) is 0 Å². The van der Waals surface area contributed by atoms with Gasteiger partial charge in [0, 0.05) is 38.5 Å². The lowest BCUT2D eigenvalue weighted by atomic mass is 10.1. The molecule has 1 aromatic carbocycles. The highest BCUT2D eigenvalue weighted by Gasteiger charge is 2.35. The second-order valence-electron chi connectivity index (χ2n) is 6.91. The number of benzene rings is 1. The molecule has 0 radical (unpaired) electrons. The first kappa shape index (κ1) is 19.9. The Morgan fingerprint density at radius 2 is 2.14 bits per heavy atom. The van der Waals surface area contributed by atoms with Crippen molar-refractivity contribution in [2.45, 2.75) is 41.9 Å². The summed E-state index contributed by atoms with van der Waals surface area (Å²) in [6.45, 7) is 0.642. The average Bonchev–Trinajstić information content (AvgIpc) is 2.92. The van der Waals surface area contributed by atoms with E-state index in [2.05, 4.69) is 14.1 Å². The van der Waals surface area contributed by atoms with E-state index in [9.17, 15) is 18.5 Å². The van der Waals surface area contributed by atoms with Crippen LogP contribution in [0.4, 0.5) is 5.69 Å². The van der Waals surface area contributed by atoms with Crippen LogP contribution in [0.15, 0.2) is 45.0 Å². The van der Waals surface area contributed by atoms with Crippen molar-refractivity contribution < 1.29 is 13.3 Å². The minimum atomic E-state index is -3.85. The van der Waals surface area contributed by atoms with Crippen LogP contribution in [0.25, 0.3) is 0 Å². The molecule has 3 heterocycles. The molecular weight excluding hydrogens is 416 g/mol. The third kappa shape index (κ3) is 4.14. The molecule has 1 atom stereocenters. The normalized spacial score (nSPS) is 21.2. The third-order valence-electron chi connectivity index (χ3n) is 4.90. The number of imidazole rings is 1. The van der Waals surface area contributed by atoms with E-state index >= 15 is 0 Å². The average molecular weight is 437 g/mol. The van der Waals surface area contributed by atoms with Gasteiger partial charge < -0.3 is 9.47 Å². The predicted octanol–water partition coefficient (Wildman–Crippen LogP) is 2.60. The van der Waals surface area contributed by atoms with Gasteiger partial charge in [0.25, 0.3) is 5.69 Å². The van der Waals surface area contributed by atoms with Gasteiger partial charge in [-0.25, -0.2) is 4.98 Å². The number of hydrogen-bond donors (Lipinski definition) is 1. The van der Waals surface area contributed by atoms with Crippen LogP contribution in [0.2, 0.25) is 0 Å². The van der Waals surface area contributed by atoms with Gasteiger partial charge in [0.1, 0.15) is 12.0 Å². The molecule has 0 aliphatic carbocycles. The topological polar surface area (TPSA) is 123 Å². The molecule has 10 nitrogen and oxygen atoms in total. The molecule has 2 aromatic rings. The van der Waals surface area contributed by atoms with Crippen LogP contribution >= 0.6 is 11.8 Å². The summed E-state index contributed by atoms with van der Waals surface area (Å²) in [5.74, 6) is 0.514. The molecule has 2 aliphatic rings. The fourth-order valence-electron chi connectivity index (χ4n) is 3.49. The number of nitro groups is 1. The number of amidine groups is 1. The molecule has 4 rings (SSSR count). The Kier molecular flexibility index (Phi) is 5.32. The number of hydrogen-bond acceptors (Lipinski definition) is 7. The first-order valence-corrected chi connectivity index (χ1v) is 11.4.